The maximum absolute atomic E-state index is 13.2. The van der Waals surface area contributed by atoms with Crippen LogP contribution in [0.25, 0.3) is 11.6 Å². The number of hydrogen-bond acceptors (Lipinski definition) is 5. The van der Waals surface area contributed by atoms with Crippen molar-refractivity contribution in [2.45, 2.75) is 18.7 Å². The van der Waals surface area contributed by atoms with E-state index in [1.54, 1.807) is 19.2 Å². The zero-order chi connectivity index (χ0) is 23.4. The van der Waals surface area contributed by atoms with E-state index in [0.29, 0.717) is 41.2 Å². The van der Waals surface area contributed by atoms with Crippen LogP contribution in [-0.2, 0) is 14.8 Å². The molecule has 2 amide bonds. The normalized spacial score (nSPS) is 18.5. The third-order valence-electron chi connectivity index (χ3n) is 6.25. The molecule has 0 spiro atoms. The smallest absolute Gasteiger partial charge is 0.258 e. The molecule has 1 aromatic carbocycles. The Morgan fingerprint density at radius 2 is 1.78 bits per heavy atom. The number of anilines is 1. The Hall–Kier alpha value is -2.95. The average Bonchev–Trinajstić information content (AvgIpc) is 3.15. The zero-order valence-corrected chi connectivity index (χ0v) is 19.4. The van der Waals surface area contributed by atoms with Crippen molar-refractivity contribution in [3.05, 3.63) is 46.3 Å². The molecule has 0 radical (unpaired) electrons. The van der Waals surface area contributed by atoms with Gasteiger partial charge in [0.15, 0.2) is 0 Å². The molecule has 9 nitrogen and oxygen atoms in total. The Kier molecular flexibility index (Phi) is 5.48. The summed E-state index contributed by atoms with van der Waals surface area (Å²) in [6.07, 6.45) is 1.68. The molecular weight excluding hydrogens is 430 g/mol. The maximum Gasteiger partial charge on any atom is 0.258 e. The predicted molar refractivity (Wildman–Crippen MR) is 123 cm³/mol. The van der Waals surface area contributed by atoms with Crippen molar-refractivity contribution in [3.8, 4) is 0 Å². The lowest BCUT2D eigenvalue weighted by Gasteiger charge is -2.32. The van der Waals surface area contributed by atoms with Crippen molar-refractivity contribution in [2.24, 2.45) is 5.14 Å². The summed E-state index contributed by atoms with van der Waals surface area (Å²) < 4.78 is 23.6. The van der Waals surface area contributed by atoms with Gasteiger partial charge in [-0.05, 0) is 50.7 Å². The number of H-pyrrole nitrogens is 1. The van der Waals surface area contributed by atoms with Gasteiger partial charge in [0.2, 0.25) is 10.0 Å². The fourth-order valence-corrected chi connectivity index (χ4v) is 4.84. The molecule has 0 bridgehead atoms. The van der Waals surface area contributed by atoms with Crippen molar-refractivity contribution < 1.29 is 18.0 Å². The molecule has 0 atom stereocenters. The van der Waals surface area contributed by atoms with Crippen LogP contribution >= 0.6 is 0 Å². The fraction of sp³-hybridized carbons (Fsp3) is 0.364. The quantitative estimate of drug-likeness (QED) is 0.671. The third-order valence-corrected chi connectivity index (χ3v) is 7.16. The first-order valence-electron chi connectivity index (χ1n) is 10.3. The van der Waals surface area contributed by atoms with Crippen LogP contribution in [-0.4, -0.2) is 75.3 Å². The number of benzene rings is 1. The van der Waals surface area contributed by atoms with Crippen LogP contribution in [0.1, 0.15) is 32.9 Å². The number of sulfonamides is 1. The maximum atomic E-state index is 13.2. The van der Waals surface area contributed by atoms with E-state index in [4.69, 9.17) is 5.14 Å². The van der Waals surface area contributed by atoms with E-state index in [1.165, 1.54) is 17.0 Å². The highest BCUT2D eigenvalue weighted by Gasteiger charge is 2.32. The van der Waals surface area contributed by atoms with Gasteiger partial charge in [-0.15, -0.1) is 0 Å². The summed E-state index contributed by atoms with van der Waals surface area (Å²) in [5, 5.41) is 5.28. The van der Waals surface area contributed by atoms with Gasteiger partial charge in [0, 0.05) is 50.2 Å². The van der Waals surface area contributed by atoms with Crippen molar-refractivity contribution in [3.63, 3.8) is 0 Å². The van der Waals surface area contributed by atoms with Crippen LogP contribution in [0.15, 0.2) is 23.1 Å². The highest BCUT2D eigenvalue weighted by molar-refractivity contribution is 7.89. The molecule has 3 heterocycles. The molecule has 1 saturated heterocycles. The van der Waals surface area contributed by atoms with Crippen LogP contribution in [0.4, 0.5) is 5.69 Å². The number of carbonyl (C=O) groups is 2. The third kappa shape index (κ3) is 3.74. The van der Waals surface area contributed by atoms with Crippen molar-refractivity contribution >= 4 is 39.2 Å². The lowest BCUT2D eigenvalue weighted by molar-refractivity contribution is -0.112. The highest BCUT2D eigenvalue weighted by atomic mass is 32.2. The summed E-state index contributed by atoms with van der Waals surface area (Å²) in [7, 11) is -0.244. The number of rotatable bonds is 3. The highest BCUT2D eigenvalue weighted by Crippen LogP contribution is 2.38. The number of amides is 2. The SMILES string of the molecule is Cc1[nH]c(/C=C2\C(=O)N(C)c3ccc(S(N)(=O)=O)cc32)c(C)c1C(=O)N1CCN(C)CC1. The van der Waals surface area contributed by atoms with E-state index >= 15 is 0 Å². The number of hydrogen-bond donors (Lipinski definition) is 2. The Bertz CT molecular complexity index is 1250. The second-order valence-electron chi connectivity index (χ2n) is 8.41. The summed E-state index contributed by atoms with van der Waals surface area (Å²) in [5.41, 5.74) is 4.17. The molecule has 0 saturated carbocycles. The fourth-order valence-electron chi connectivity index (χ4n) is 4.30. The molecule has 2 aliphatic rings. The molecule has 0 aliphatic carbocycles. The van der Waals surface area contributed by atoms with E-state index in [2.05, 4.69) is 9.88 Å². The van der Waals surface area contributed by atoms with Gasteiger partial charge in [0.1, 0.15) is 0 Å². The molecular formula is C22H27N5O4S. The average molecular weight is 458 g/mol. The molecule has 1 fully saturated rings. The molecule has 4 rings (SSSR count). The standard InChI is InChI=1S/C22H27N5O4S/c1-13-18(24-14(2)20(13)22(29)27-9-7-25(3)8-10-27)12-17-16-11-15(32(23,30)31)5-6-19(16)26(4)21(17)28/h5-6,11-12,24H,7-10H2,1-4H3,(H2,23,30,31)/b17-12-. The number of aromatic amines is 1. The Morgan fingerprint density at radius 3 is 2.41 bits per heavy atom. The Labute approximate surface area is 187 Å². The number of piperazine rings is 1. The minimum Gasteiger partial charge on any atom is -0.358 e. The first-order chi connectivity index (χ1) is 15.0. The van der Waals surface area contributed by atoms with Gasteiger partial charge in [-0.25, -0.2) is 13.6 Å². The number of primary sulfonamides is 1. The van der Waals surface area contributed by atoms with Gasteiger partial charge >= 0.3 is 0 Å². The zero-order valence-electron chi connectivity index (χ0n) is 18.6. The summed E-state index contributed by atoms with van der Waals surface area (Å²) in [6, 6.07) is 4.38. The summed E-state index contributed by atoms with van der Waals surface area (Å²) in [4.78, 5) is 34.8. The Morgan fingerprint density at radius 1 is 1.12 bits per heavy atom. The number of nitrogens with zero attached hydrogens (tertiary/aromatic N) is 3. The molecule has 3 N–H and O–H groups in total. The first kappa shape index (κ1) is 22.3. The summed E-state index contributed by atoms with van der Waals surface area (Å²) in [5.74, 6) is -0.286. The monoisotopic (exact) mass is 457 g/mol. The van der Waals surface area contributed by atoms with Gasteiger partial charge in [-0.2, -0.15) is 0 Å². The number of aryl methyl sites for hydroxylation is 1. The van der Waals surface area contributed by atoms with Gasteiger partial charge in [0.05, 0.1) is 21.7 Å². The van der Waals surface area contributed by atoms with E-state index in [1.807, 2.05) is 25.8 Å². The van der Waals surface area contributed by atoms with Crippen molar-refractivity contribution in [1.29, 1.82) is 0 Å². The minimum atomic E-state index is -3.91. The number of carbonyl (C=O) groups excluding carboxylic acids is 2. The lowest BCUT2D eigenvalue weighted by Crippen LogP contribution is -2.47. The van der Waals surface area contributed by atoms with Crippen LogP contribution in [0.2, 0.25) is 0 Å². The number of aromatic nitrogens is 1. The number of fused-ring (bicyclic) bond motifs is 1. The van der Waals surface area contributed by atoms with E-state index in [9.17, 15) is 18.0 Å². The summed E-state index contributed by atoms with van der Waals surface area (Å²) in [6.45, 7) is 6.69. The van der Waals surface area contributed by atoms with Crippen molar-refractivity contribution in [1.82, 2.24) is 14.8 Å². The van der Waals surface area contributed by atoms with E-state index < -0.39 is 10.0 Å². The van der Waals surface area contributed by atoms with Gasteiger partial charge in [-0.3, -0.25) is 9.59 Å². The number of nitrogens with two attached hydrogens (primary N) is 1. The molecule has 2 aromatic rings. The van der Waals surface area contributed by atoms with Gasteiger partial charge < -0.3 is 19.7 Å². The Balaban J connectivity index is 1.75. The molecule has 2 aliphatic heterocycles. The molecule has 1 aromatic heterocycles. The first-order valence-corrected chi connectivity index (χ1v) is 11.9. The number of likely N-dealkylation sites (N-methyl/N-ethyl adjacent to an activating group) is 2. The molecule has 170 valence electrons. The topological polar surface area (TPSA) is 120 Å². The second kappa shape index (κ2) is 7.88. The van der Waals surface area contributed by atoms with E-state index in [0.717, 1.165) is 24.3 Å². The summed E-state index contributed by atoms with van der Waals surface area (Å²) >= 11 is 0. The predicted octanol–water partition coefficient (Wildman–Crippen LogP) is 1.18. The van der Waals surface area contributed by atoms with Gasteiger partial charge in [0.25, 0.3) is 11.8 Å². The lowest BCUT2D eigenvalue weighted by atomic mass is 10.0. The van der Waals surface area contributed by atoms with Crippen LogP contribution < -0.4 is 10.0 Å². The van der Waals surface area contributed by atoms with Crippen molar-refractivity contribution in [2.75, 3.05) is 45.2 Å². The van der Waals surface area contributed by atoms with Crippen LogP contribution in [0.5, 0.6) is 0 Å². The minimum absolute atomic E-state index is 0.0271. The van der Waals surface area contributed by atoms with E-state index in [-0.39, 0.29) is 16.7 Å². The molecule has 0 unspecified atom stereocenters. The largest absolute Gasteiger partial charge is 0.358 e. The second-order valence-corrected chi connectivity index (χ2v) is 9.97. The van der Waals surface area contributed by atoms with Crippen LogP contribution in [0.3, 0.4) is 0 Å². The molecule has 32 heavy (non-hydrogen) atoms. The van der Waals surface area contributed by atoms with Crippen LogP contribution in [0, 0.1) is 13.8 Å². The molecule has 10 heteroatoms. The number of nitrogens with one attached hydrogen (secondary N) is 1. The van der Waals surface area contributed by atoms with Gasteiger partial charge in [-0.1, -0.05) is 0 Å².